The van der Waals surface area contributed by atoms with Crippen molar-refractivity contribution in [1.82, 2.24) is 10.2 Å². The zero-order valence-electron chi connectivity index (χ0n) is 11.3. The summed E-state index contributed by atoms with van der Waals surface area (Å²) >= 11 is 9.03. The Labute approximate surface area is 139 Å². The second-order valence-electron chi connectivity index (χ2n) is 4.30. The normalized spacial score (nSPS) is 13.7. The lowest BCUT2D eigenvalue weighted by molar-refractivity contribution is -0.152. The number of imide groups is 1. The lowest BCUT2D eigenvalue weighted by Gasteiger charge is -2.12. The van der Waals surface area contributed by atoms with E-state index in [0.717, 1.165) is 4.90 Å². The van der Waals surface area contributed by atoms with Crippen LogP contribution in [0.15, 0.2) is 22.7 Å². The van der Waals surface area contributed by atoms with E-state index in [2.05, 4.69) is 21.2 Å². The van der Waals surface area contributed by atoms with Crippen LogP contribution in [0.3, 0.4) is 0 Å². The van der Waals surface area contributed by atoms with Crippen molar-refractivity contribution in [2.75, 3.05) is 26.3 Å². The minimum Gasteiger partial charge on any atom is -0.481 e. The molecule has 1 fully saturated rings. The van der Waals surface area contributed by atoms with E-state index in [4.69, 9.17) is 21.1 Å². The number of esters is 1. The molecule has 3 amide bonds. The van der Waals surface area contributed by atoms with Crippen molar-refractivity contribution in [3.8, 4) is 5.75 Å². The van der Waals surface area contributed by atoms with Gasteiger partial charge in [0.15, 0.2) is 13.2 Å². The molecule has 1 heterocycles. The summed E-state index contributed by atoms with van der Waals surface area (Å²) in [5.74, 6) is -0.863. The molecule has 0 unspecified atom stereocenters. The van der Waals surface area contributed by atoms with E-state index in [9.17, 15) is 14.4 Å². The quantitative estimate of drug-likeness (QED) is 0.770. The molecule has 0 bridgehead atoms. The molecule has 22 heavy (non-hydrogen) atoms. The SMILES string of the molecule is O=C(COc1ccc(Cl)cc1Br)OCC(=O)N1CCNC1=O. The molecule has 1 N–H and O–H groups in total. The maximum absolute atomic E-state index is 11.7. The summed E-state index contributed by atoms with van der Waals surface area (Å²) in [6.07, 6.45) is 0. The van der Waals surface area contributed by atoms with Crippen LogP contribution in [0.5, 0.6) is 5.75 Å². The van der Waals surface area contributed by atoms with E-state index in [1.54, 1.807) is 18.2 Å². The number of nitrogens with one attached hydrogen (secondary N) is 1. The number of amides is 3. The summed E-state index contributed by atoms with van der Waals surface area (Å²) in [6.45, 7) is -0.202. The highest BCUT2D eigenvalue weighted by Crippen LogP contribution is 2.27. The Kier molecular flexibility index (Phi) is 5.62. The fourth-order valence-electron chi connectivity index (χ4n) is 1.70. The van der Waals surface area contributed by atoms with Crippen molar-refractivity contribution >= 4 is 45.4 Å². The molecule has 0 aromatic heterocycles. The first-order valence-electron chi connectivity index (χ1n) is 6.29. The summed E-state index contributed by atoms with van der Waals surface area (Å²) in [7, 11) is 0. The number of carbonyl (C=O) groups excluding carboxylic acids is 3. The highest BCUT2D eigenvalue weighted by atomic mass is 79.9. The summed E-state index contributed by atoms with van der Waals surface area (Å²) in [5.41, 5.74) is 0. The van der Waals surface area contributed by atoms with Gasteiger partial charge in [0.05, 0.1) is 4.47 Å². The third kappa shape index (κ3) is 4.35. The van der Waals surface area contributed by atoms with Crippen LogP contribution in [0.1, 0.15) is 0 Å². The molecule has 0 aliphatic carbocycles. The van der Waals surface area contributed by atoms with E-state index in [1.807, 2.05) is 0 Å². The maximum atomic E-state index is 11.7. The second kappa shape index (κ2) is 7.46. The lowest BCUT2D eigenvalue weighted by Crippen LogP contribution is -2.37. The van der Waals surface area contributed by atoms with E-state index < -0.39 is 24.5 Å². The van der Waals surface area contributed by atoms with Crippen LogP contribution in [0.4, 0.5) is 4.79 Å². The number of hydrogen-bond donors (Lipinski definition) is 1. The second-order valence-corrected chi connectivity index (χ2v) is 5.59. The van der Waals surface area contributed by atoms with Gasteiger partial charge < -0.3 is 14.8 Å². The number of ether oxygens (including phenoxy) is 2. The van der Waals surface area contributed by atoms with E-state index in [1.165, 1.54) is 0 Å². The highest BCUT2D eigenvalue weighted by Gasteiger charge is 2.26. The molecule has 1 saturated heterocycles. The summed E-state index contributed by atoms with van der Waals surface area (Å²) in [4.78, 5) is 35.4. The first-order valence-corrected chi connectivity index (χ1v) is 7.46. The van der Waals surface area contributed by atoms with E-state index in [0.29, 0.717) is 21.8 Å². The Bertz CT molecular complexity index is 610. The van der Waals surface area contributed by atoms with Crippen molar-refractivity contribution in [2.45, 2.75) is 0 Å². The average molecular weight is 392 g/mol. The maximum Gasteiger partial charge on any atom is 0.344 e. The number of rotatable bonds is 5. The number of urea groups is 1. The van der Waals surface area contributed by atoms with Crippen LogP contribution >= 0.6 is 27.5 Å². The molecule has 1 aromatic carbocycles. The van der Waals surface area contributed by atoms with Crippen molar-refractivity contribution in [3.63, 3.8) is 0 Å². The fourth-order valence-corrected chi connectivity index (χ4v) is 2.50. The van der Waals surface area contributed by atoms with Crippen LogP contribution < -0.4 is 10.1 Å². The first-order chi connectivity index (χ1) is 10.5. The standard InChI is InChI=1S/C13H12BrClN2O5/c14-9-5-8(15)1-2-10(9)21-7-12(19)22-6-11(18)17-4-3-16-13(17)20/h1-2,5H,3-4,6-7H2,(H,16,20). The minimum atomic E-state index is -0.713. The number of halogens is 2. The molecule has 0 atom stereocenters. The van der Waals surface area contributed by atoms with Gasteiger partial charge in [0, 0.05) is 18.1 Å². The van der Waals surface area contributed by atoms with Crippen molar-refractivity contribution in [3.05, 3.63) is 27.7 Å². The average Bonchev–Trinajstić information content (AvgIpc) is 2.90. The van der Waals surface area contributed by atoms with Crippen LogP contribution in [-0.4, -0.2) is 49.1 Å². The molecule has 7 nitrogen and oxygen atoms in total. The van der Waals surface area contributed by atoms with Gasteiger partial charge in [0.2, 0.25) is 0 Å². The molecule has 9 heteroatoms. The van der Waals surface area contributed by atoms with E-state index >= 15 is 0 Å². The van der Waals surface area contributed by atoms with Crippen molar-refractivity contribution in [2.24, 2.45) is 0 Å². The van der Waals surface area contributed by atoms with E-state index in [-0.39, 0.29) is 13.2 Å². The molecular weight excluding hydrogens is 380 g/mol. The molecule has 118 valence electrons. The monoisotopic (exact) mass is 390 g/mol. The number of nitrogens with zero attached hydrogens (tertiary/aromatic N) is 1. The molecule has 1 aliphatic heterocycles. The van der Waals surface area contributed by atoms with Gasteiger partial charge in [0.25, 0.3) is 5.91 Å². The van der Waals surface area contributed by atoms with Crippen LogP contribution in [0.25, 0.3) is 0 Å². The Morgan fingerprint density at radius 1 is 1.36 bits per heavy atom. The molecular formula is C13H12BrClN2O5. The van der Waals surface area contributed by atoms with Gasteiger partial charge in [-0.3, -0.25) is 9.69 Å². The molecule has 0 radical (unpaired) electrons. The van der Waals surface area contributed by atoms with Crippen molar-refractivity contribution in [1.29, 1.82) is 0 Å². The van der Waals surface area contributed by atoms with Gasteiger partial charge in [-0.15, -0.1) is 0 Å². The smallest absolute Gasteiger partial charge is 0.344 e. The summed E-state index contributed by atoms with van der Waals surface area (Å²) in [5, 5.41) is 3.00. The molecule has 0 spiro atoms. The topological polar surface area (TPSA) is 84.9 Å². The molecule has 2 rings (SSSR count). The Balaban J connectivity index is 1.76. The zero-order chi connectivity index (χ0) is 16.1. The van der Waals surface area contributed by atoms with Crippen LogP contribution in [-0.2, 0) is 14.3 Å². The Hall–Kier alpha value is -1.80. The molecule has 1 aliphatic rings. The molecule has 0 saturated carbocycles. The van der Waals surface area contributed by atoms with Gasteiger partial charge >= 0.3 is 12.0 Å². The predicted octanol–water partition coefficient (Wildman–Crippen LogP) is 1.58. The molecule has 1 aromatic rings. The van der Waals surface area contributed by atoms with Gasteiger partial charge in [0.1, 0.15) is 5.75 Å². The van der Waals surface area contributed by atoms with Gasteiger partial charge in [-0.25, -0.2) is 9.59 Å². The zero-order valence-corrected chi connectivity index (χ0v) is 13.6. The third-order valence-electron chi connectivity index (χ3n) is 2.75. The summed E-state index contributed by atoms with van der Waals surface area (Å²) < 4.78 is 10.6. The Morgan fingerprint density at radius 3 is 2.77 bits per heavy atom. The number of carbonyl (C=O) groups is 3. The first kappa shape index (κ1) is 16.6. The Morgan fingerprint density at radius 2 is 2.14 bits per heavy atom. The van der Waals surface area contributed by atoms with Crippen LogP contribution in [0, 0.1) is 0 Å². The lowest BCUT2D eigenvalue weighted by atomic mass is 10.3. The third-order valence-corrected chi connectivity index (χ3v) is 3.61. The largest absolute Gasteiger partial charge is 0.481 e. The van der Waals surface area contributed by atoms with Crippen molar-refractivity contribution < 1.29 is 23.9 Å². The number of benzene rings is 1. The van der Waals surface area contributed by atoms with Gasteiger partial charge in [-0.1, -0.05) is 11.6 Å². The van der Waals surface area contributed by atoms with Gasteiger partial charge in [-0.05, 0) is 34.1 Å². The highest BCUT2D eigenvalue weighted by molar-refractivity contribution is 9.10. The van der Waals surface area contributed by atoms with Crippen LogP contribution in [0.2, 0.25) is 5.02 Å². The van der Waals surface area contributed by atoms with Gasteiger partial charge in [-0.2, -0.15) is 0 Å². The summed E-state index contributed by atoms with van der Waals surface area (Å²) in [6, 6.07) is 4.35. The number of hydrogen-bond acceptors (Lipinski definition) is 5. The fraction of sp³-hybridized carbons (Fsp3) is 0.308. The predicted molar refractivity (Wildman–Crippen MR) is 80.7 cm³/mol. The minimum absolute atomic E-state index is 0.267.